The lowest BCUT2D eigenvalue weighted by Crippen LogP contribution is -2.12. The molecule has 0 saturated carbocycles. The number of aliphatic imine (C=N–C) groups is 1. The smallest absolute Gasteiger partial charge is 0.226 e. The number of rotatable bonds is 7. The molecule has 0 radical (unpaired) electrons. The van der Waals surface area contributed by atoms with Gasteiger partial charge in [-0.05, 0) is 67.4 Å². The minimum atomic E-state index is 0.512. The Balaban J connectivity index is 1.90. The van der Waals surface area contributed by atoms with E-state index in [1.54, 1.807) is 13.4 Å². The molecule has 4 nitrogen and oxygen atoms in total. The second kappa shape index (κ2) is 10.1. The van der Waals surface area contributed by atoms with Gasteiger partial charge >= 0.3 is 0 Å². The fraction of sp³-hybridized carbons (Fsp3) is 0.160. The van der Waals surface area contributed by atoms with Crippen LogP contribution >= 0.6 is 0 Å². The molecule has 0 aromatic heterocycles. The molecule has 0 aliphatic heterocycles. The topological polar surface area (TPSA) is 40.0 Å². The Hall–Kier alpha value is -3.53. The average Bonchev–Trinajstić information content (AvgIpc) is 2.75. The van der Waals surface area contributed by atoms with E-state index < -0.39 is 0 Å². The maximum Gasteiger partial charge on any atom is 0.226 e. The van der Waals surface area contributed by atoms with Crippen LogP contribution in [0.25, 0.3) is 0 Å². The third-order valence-corrected chi connectivity index (χ3v) is 4.24. The van der Waals surface area contributed by atoms with Crippen LogP contribution in [0.4, 0.5) is 5.69 Å². The van der Waals surface area contributed by atoms with Crippen molar-refractivity contribution < 1.29 is 14.2 Å². The first-order valence-corrected chi connectivity index (χ1v) is 9.56. The Morgan fingerprint density at radius 2 is 1.59 bits per heavy atom. The van der Waals surface area contributed by atoms with Gasteiger partial charge in [0.05, 0.1) is 19.1 Å². The molecule has 0 atom stereocenters. The number of aryl methyl sites for hydroxylation is 1. The average molecular weight is 387 g/mol. The van der Waals surface area contributed by atoms with Crippen LogP contribution in [0.1, 0.15) is 18.9 Å². The fourth-order valence-electron chi connectivity index (χ4n) is 2.65. The first-order chi connectivity index (χ1) is 14.2. The van der Waals surface area contributed by atoms with Crippen molar-refractivity contribution in [2.75, 3.05) is 7.11 Å². The van der Waals surface area contributed by atoms with E-state index in [0.717, 1.165) is 28.3 Å². The van der Waals surface area contributed by atoms with Crippen molar-refractivity contribution in [3.8, 4) is 17.2 Å². The largest absolute Gasteiger partial charge is 0.497 e. The van der Waals surface area contributed by atoms with Gasteiger partial charge in [0.25, 0.3) is 0 Å². The maximum absolute atomic E-state index is 6.16. The van der Waals surface area contributed by atoms with Crippen molar-refractivity contribution in [3.63, 3.8) is 0 Å². The first-order valence-electron chi connectivity index (χ1n) is 9.56. The molecule has 0 unspecified atom stereocenters. The number of hydrogen-bond donors (Lipinski definition) is 0. The molecule has 4 heteroatoms. The Bertz CT molecular complexity index is 976. The fourth-order valence-corrected chi connectivity index (χ4v) is 2.65. The molecular formula is C25H25NO3. The minimum Gasteiger partial charge on any atom is -0.497 e. The molecule has 0 aliphatic rings. The van der Waals surface area contributed by atoms with E-state index in [9.17, 15) is 0 Å². The molecule has 0 amide bonds. The van der Waals surface area contributed by atoms with Crippen molar-refractivity contribution in [1.29, 1.82) is 0 Å². The van der Waals surface area contributed by atoms with Crippen LogP contribution in [-0.4, -0.2) is 13.0 Å². The summed E-state index contributed by atoms with van der Waals surface area (Å²) in [5.74, 6) is 2.75. The molecule has 0 spiro atoms. The van der Waals surface area contributed by atoms with Crippen LogP contribution in [0.5, 0.6) is 17.2 Å². The van der Waals surface area contributed by atoms with Gasteiger partial charge in [0.2, 0.25) is 5.90 Å². The van der Waals surface area contributed by atoms with Gasteiger partial charge in [-0.2, -0.15) is 0 Å². The lowest BCUT2D eigenvalue weighted by Gasteiger charge is -2.12. The highest BCUT2D eigenvalue weighted by Crippen LogP contribution is 2.21. The quantitative estimate of drug-likeness (QED) is 0.264. The monoisotopic (exact) mass is 387 g/mol. The van der Waals surface area contributed by atoms with E-state index in [1.807, 2.05) is 92.7 Å². The van der Waals surface area contributed by atoms with E-state index in [4.69, 9.17) is 19.2 Å². The number of nitrogens with zero attached hydrogens (tertiary/aromatic N) is 1. The van der Waals surface area contributed by atoms with E-state index in [1.165, 1.54) is 0 Å². The Kier molecular flexibility index (Phi) is 7.06. The second-order valence-electron chi connectivity index (χ2n) is 6.46. The number of ether oxygens (including phenoxy) is 3. The first kappa shape index (κ1) is 20.2. The summed E-state index contributed by atoms with van der Waals surface area (Å²) in [5.41, 5.74) is 2.79. The number of para-hydroxylation sites is 1. The standard InChI is InChI=1S/C25H25NO3/c1-4-20(18-28-23-15-13-22(27-3)14-16-23)25(26-21-10-6-5-7-11-21)29-24-12-8-9-19(2)17-24/h5-18H,4H2,1-3H3/b20-18+,26-25?. The third-order valence-electron chi connectivity index (χ3n) is 4.24. The van der Waals surface area contributed by atoms with E-state index in [0.29, 0.717) is 18.1 Å². The molecule has 3 aromatic rings. The zero-order chi connectivity index (χ0) is 20.5. The Labute approximate surface area is 172 Å². The molecule has 148 valence electrons. The van der Waals surface area contributed by atoms with E-state index in [-0.39, 0.29) is 0 Å². The zero-order valence-corrected chi connectivity index (χ0v) is 17.0. The number of hydrogen-bond acceptors (Lipinski definition) is 4. The molecule has 3 aromatic carbocycles. The summed E-state index contributed by atoms with van der Waals surface area (Å²) in [7, 11) is 1.64. The van der Waals surface area contributed by atoms with Gasteiger partial charge in [0, 0.05) is 5.57 Å². The summed E-state index contributed by atoms with van der Waals surface area (Å²) in [6.45, 7) is 4.08. The van der Waals surface area contributed by atoms with E-state index >= 15 is 0 Å². The molecular weight excluding hydrogens is 362 g/mol. The van der Waals surface area contributed by atoms with Gasteiger partial charge in [-0.25, -0.2) is 4.99 Å². The van der Waals surface area contributed by atoms with Gasteiger partial charge < -0.3 is 14.2 Å². The molecule has 3 rings (SSSR count). The summed E-state index contributed by atoms with van der Waals surface area (Å²) >= 11 is 0. The Morgan fingerprint density at radius 3 is 2.24 bits per heavy atom. The van der Waals surface area contributed by atoms with Crippen LogP contribution in [-0.2, 0) is 0 Å². The summed E-state index contributed by atoms with van der Waals surface area (Å²) in [6, 6.07) is 25.1. The van der Waals surface area contributed by atoms with Crippen molar-refractivity contribution in [2.45, 2.75) is 20.3 Å². The molecule has 29 heavy (non-hydrogen) atoms. The number of methoxy groups -OCH3 is 1. The maximum atomic E-state index is 6.16. The molecule has 0 bridgehead atoms. The van der Waals surface area contributed by atoms with Crippen LogP contribution < -0.4 is 14.2 Å². The van der Waals surface area contributed by atoms with Gasteiger partial charge in [-0.1, -0.05) is 37.3 Å². The predicted molar refractivity (Wildman–Crippen MR) is 117 cm³/mol. The van der Waals surface area contributed by atoms with Crippen LogP contribution in [0.15, 0.2) is 95.7 Å². The van der Waals surface area contributed by atoms with Gasteiger partial charge in [-0.3, -0.25) is 0 Å². The van der Waals surface area contributed by atoms with Gasteiger partial charge in [0.1, 0.15) is 17.2 Å². The zero-order valence-electron chi connectivity index (χ0n) is 17.0. The van der Waals surface area contributed by atoms with Gasteiger partial charge in [0.15, 0.2) is 0 Å². The van der Waals surface area contributed by atoms with Crippen molar-refractivity contribution >= 4 is 11.6 Å². The summed E-state index contributed by atoms with van der Waals surface area (Å²) in [4.78, 5) is 4.72. The normalized spacial score (nSPS) is 11.8. The molecule has 0 heterocycles. The minimum absolute atomic E-state index is 0.512. The molecule has 0 aliphatic carbocycles. The lowest BCUT2D eigenvalue weighted by atomic mass is 10.2. The van der Waals surface area contributed by atoms with Crippen LogP contribution in [0.3, 0.4) is 0 Å². The molecule has 0 saturated heterocycles. The highest BCUT2D eigenvalue weighted by Gasteiger charge is 2.11. The van der Waals surface area contributed by atoms with E-state index in [2.05, 4.69) is 0 Å². The molecule has 0 fully saturated rings. The van der Waals surface area contributed by atoms with Crippen molar-refractivity contribution in [1.82, 2.24) is 0 Å². The Morgan fingerprint density at radius 1 is 0.862 bits per heavy atom. The van der Waals surface area contributed by atoms with Crippen molar-refractivity contribution in [3.05, 3.63) is 96.3 Å². The van der Waals surface area contributed by atoms with Crippen LogP contribution in [0, 0.1) is 6.92 Å². The van der Waals surface area contributed by atoms with Crippen molar-refractivity contribution in [2.24, 2.45) is 4.99 Å². The van der Waals surface area contributed by atoms with Crippen LogP contribution in [0.2, 0.25) is 0 Å². The molecule has 0 N–H and O–H groups in total. The third kappa shape index (κ3) is 5.98. The SMILES string of the molecule is CC/C(=C\Oc1ccc(OC)cc1)C(=Nc1ccccc1)Oc1cccc(C)c1. The lowest BCUT2D eigenvalue weighted by molar-refractivity contribution is 0.412. The highest BCUT2D eigenvalue weighted by atomic mass is 16.5. The second-order valence-corrected chi connectivity index (χ2v) is 6.46. The highest BCUT2D eigenvalue weighted by molar-refractivity contribution is 5.96. The summed E-state index contributed by atoms with van der Waals surface area (Å²) in [5, 5.41) is 0. The number of benzene rings is 3. The summed E-state index contributed by atoms with van der Waals surface area (Å²) < 4.78 is 17.2. The predicted octanol–water partition coefficient (Wildman–Crippen LogP) is 6.49. The summed E-state index contributed by atoms with van der Waals surface area (Å²) in [6.07, 6.45) is 2.40. The van der Waals surface area contributed by atoms with Gasteiger partial charge in [-0.15, -0.1) is 0 Å².